The number of nitrogens with zero attached hydrogens (tertiary/aromatic N) is 3. The molecule has 1 aliphatic heterocycles. The van der Waals surface area contributed by atoms with Crippen molar-refractivity contribution in [1.82, 2.24) is 4.90 Å². The molecule has 5 fully saturated rings. The number of halogens is 1. The Kier molecular flexibility index (Phi) is 7.69. The smallest absolute Gasteiger partial charge is 0.225 e. The van der Waals surface area contributed by atoms with Crippen molar-refractivity contribution in [2.24, 2.45) is 22.7 Å². The van der Waals surface area contributed by atoms with Crippen LogP contribution in [0.3, 0.4) is 0 Å². The number of aliphatic imine (C=N–C) groups is 1. The average molecular weight is 490 g/mol. The minimum Gasteiger partial charge on any atom is -0.330 e. The number of amides is 1. The molecule has 0 N–H and O–H groups in total. The Morgan fingerprint density at radius 1 is 1.09 bits per heavy atom. The topological polar surface area (TPSA) is 35.9 Å². The lowest BCUT2D eigenvalue weighted by Crippen LogP contribution is -2.52. The van der Waals surface area contributed by atoms with Gasteiger partial charge in [-0.3, -0.25) is 14.7 Å². The van der Waals surface area contributed by atoms with Crippen molar-refractivity contribution in [3.05, 3.63) is 29.8 Å². The van der Waals surface area contributed by atoms with Gasteiger partial charge in [-0.1, -0.05) is 37.2 Å². The van der Waals surface area contributed by atoms with E-state index in [1.165, 1.54) is 62.1 Å². The van der Waals surface area contributed by atoms with Crippen LogP contribution in [0.25, 0.3) is 0 Å². The van der Waals surface area contributed by atoms with Crippen LogP contribution in [0, 0.1) is 17.8 Å². The summed E-state index contributed by atoms with van der Waals surface area (Å²) in [5.74, 6) is 3.73. The highest BCUT2D eigenvalue weighted by Gasteiger charge is 2.52. The van der Waals surface area contributed by atoms with Crippen molar-refractivity contribution in [3.63, 3.8) is 0 Å². The Labute approximate surface area is 210 Å². The molecule has 1 unspecified atom stereocenters. The lowest BCUT2D eigenvalue weighted by Gasteiger charge is -2.55. The largest absolute Gasteiger partial charge is 0.330 e. The normalized spacial score (nSPS) is 33.4. The number of unbranched alkanes of at least 4 members (excludes halogenated alkanes) is 1. The van der Waals surface area contributed by atoms with Crippen LogP contribution in [0.4, 0.5) is 5.69 Å². The molecule has 4 saturated carbocycles. The molecule has 1 saturated heterocycles. The fourth-order valence-electron chi connectivity index (χ4n) is 7.28. The fraction of sp³-hybridized carbons (Fsp3) is 0.704. The maximum Gasteiger partial charge on any atom is 0.225 e. The second-order valence-corrected chi connectivity index (χ2v) is 11.8. The van der Waals surface area contributed by atoms with E-state index >= 15 is 0 Å². The van der Waals surface area contributed by atoms with Crippen molar-refractivity contribution in [1.29, 1.82) is 0 Å². The summed E-state index contributed by atoms with van der Waals surface area (Å²) in [4.78, 5) is 22.7. The van der Waals surface area contributed by atoms with Crippen LogP contribution < -0.4 is 4.90 Å². The van der Waals surface area contributed by atoms with E-state index in [2.05, 4.69) is 43.0 Å². The summed E-state index contributed by atoms with van der Waals surface area (Å²) in [5, 5.41) is 1.19. The van der Waals surface area contributed by atoms with Crippen LogP contribution in [0.5, 0.6) is 0 Å². The van der Waals surface area contributed by atoms with Gasteiger partial charge in [0, 0.05) is 24.9 Å². The van der Waals surface area contributed by atoms with E-state index in [0.717, 1.165) is 42.2 Å². The second kappa shape index (κ2) is 10.2. The number of rotatable bonds is 7. The monoisotopic (exact) mass is 489 g/mol. The van der Waals surface area contributed by atoms with E-state index in [1.807, 2.05) is 16.7 Å². The third-order valence-corrected chi connectivity index (χ3v) is 9.37. The molecule has 0 spiro atoms. The highest BCUT2D eigenvalue weighted by Crippen LogP contribution is 2.57. The molecule has 1 aromatic rings. The Bertz CT molecular complexity index is 835. The zero-order valence-corrected chi connectivity index (χ0v) is 22.1. The fourth-order valence-corrected chi connectivity index (χ4v) is 8.58. The summed E-state index contributed by atoms with van der Waals surface area (Å²) in [6.45, 7) is 7.03. The van der Waals surface area contributed by atoms with E-state index in [4.69, 9.17) is 4.99 Å². The van der Waals surface area contributed by atoms with Crippen molar-refractivity contribution in [3.8, 4) is 0 Å². The van der Waals surface area contributed by atoms with Crippen LogP contribution in [-0.4, -0.2) is 40.0 Å². The third kappa shape index (κ3) is 4.96. The van der Waals surface area contributed by atoms with Crippen LogP contribution in [0.15, 0.2) is 29.3 Å². The van der Waals surface area contributed by atoms with E-state index in [-0.39, 0.29) is 30.0 Å². The summed E-state index contributed by atoms with van der Waals surface area (Å²) >= 11 is 1.87. The molecule has 1 atom stereocenters. The number of hydrogen-bond donors (Lipinski definition) is 0. The highest BCUT2D eigenvalue weighted by molar-refractivity contribution is 8.14. The molecule has 4 aliphatic carbocycles. The Hall–Kier alpha value is -1.20. The zero-order valence-electron chi connectivity index (χ0n) is 20.5. The molecule has 1 heterocycles. The number of anilines is 1. The summed E-state index contributed by atoms with van der Waals surface area (Å²) in [7, 11) is 0. The number of benzene rings is 1. The van der Waals surface area contributed by atoms with Gasteiger partial charge in [-0.05, 0) is 93.7 Å². The van der Waals surface area contributed by atoms with Crippen LogP contribution in [0.2, 0.25) is 0 Å². The first-order chi connectivity index (χ1) is 15.5. The first kappa shape index (κ1) is 24.9. The first-order valence-corrected chi connectivity index (χ1v) is 13.9. The summed E-state index contributed by atoms with van der Waals surface area (Å²) in [5.41, 5.74) is 2.55. The number of hydrogen-bond acceptors (Lipinski definition) is 3. The molecule has 6 rings (SSSR count). The molecule has 4 nitrogen and oxygen atoms in total. The van der Waals surface area contributed by atoms with Gasteiger partial charge in [-0.15, -0.1) is 12.4 Å². The molecule has 4 bridgehead atoms. The third-order valence-electron chi connectivity index (χ3n) is 8.32. The quantitative estimate of drug-likeness (QED) is 0.437. The predicted octanol–water partition coefficient (Wildman–Crippen LogP) is 6.52. The number of carbonyl (C=O) groups is 1. The van der Waals surface area contributed by atoms with Crippen LogP contribution in [0.1, 0.15) is 77.7 Å². The van der Waals surface area contributed by atoms with Gasteiger partial charge in [0.2, 0.25) is 5.91 Å². The lowest BCUT2D eigenvalue weighted by atomic mass is 9.53. The molecule has 6 heteroatoms. The van der Waals surface area contributed by atoms with Gasteiger partial charge in [0.15, 0.2) is 5.17 Å². The Morgan fingerprint density at radius 3 is 2.21 bits per heavy atom. The molecule has 33 heavy (non-hydrogen) atoms. The Balaban J connectivity index is 0.00000259. The van der Waals surface area contributed by atoms with Gasteiger partial charge < -0.3 is 4.90 Å². The summed E-state index contributed by atoms with van der Waals surface area (Å²) in [6.07, 6.45) is 11.8. The zero-order chi connectivity index (χ0) is 22.3. The average Bonchev–Trinajstić information content (AvgIpc) is 3.13. The Morgan fingerprint density at radius 2 is 1.70 bits per heavy atom. The lowest BCUT2D eigenvalue weighted by molar-refractivity contribution is -0.117. The molecule has 0 radical (unpaired) electrons. The number of thioether (sulfide) groups is 1. The molecule has 1 amide bonds. The molecule has 182 valence electrons. The predicted molar refractivity (Wildman–Crippen MR) is 142 cm³/mol. The van der Waals surface area contributed by atoms with E-state index in [1.54, 1.807) is 6.92 Å². The minimum atomic E-state index is 0. The van der Waals surface area contributed by atoms with E-state index in [9.17, 15) is 4.79 Å². The molecular weight excluding hydrogens is 450 g/mol. The molecule has 5 aliphatic rings. The number of carbonyl (C=O) groups excluding carboxylic acids is 1. The van der Waals surface area contributed by atoms with Gasteiger partial charge >= 0.3 is 0 Å². The summed E-state index contributed by atoms with van der Waals surface area (Å²) < 4.78 is 0. The molecule has 0 aromatic heterocycles. The van der Waals surface area contributed by atoms with E-state index in [0.29, 0.717) is 0 Å². The van der Waals surface area contributed by atoms with Crippen molar-refractivity contribution >= 4 is 40.9 Å². The molecular formula is C27H40ClN3OS. The maximum atomic E-state index is 12.8. The van der Waals surface area contributed by atoms with E-state index < -0.39 is 0 Å². The van der Waals surface area contributed by atoms with Crippen molar-refractivity contribution in [2.45, 2.75) is 90.3 Å². The number of amidine groups is 1. The van der Waals surface area contributed by atoms with Gasteiger partial charge in [0.25, 0.3) is 0 Å². The molecule has 1 aromatic carbocycles. The maximum absolute atomic E-state index is 12.8. The van der Waals surface area contributed by atoms with Crippen LogP contribution >= 0.6 is 24.2 Å². The van der Waals surface area contributed by atoms with Gasteiger partial charge in [0.05, 0.1) is 5.54 Å². The SMILES string of the molecule is CCCCc1ccc(N(C(C)=O)C2CSC(=NC34CC5CC(CC(C5)C3)C4)N2CC)cc1.Cl. The highest BCUT2D eigenvalue weighted by atomic mass is 35.5. The first-order valence-electron chi connectivity index (χ1n) is 12.9. The van der Waals surface area contributed by atoms with Gasteiger partial charge in [-0.2, -0.15) is 0 Å². The van der Waals surface area contributed by atoms with Crippen molar-refractivity contribution in [2.75, 3.05) is 17.2 Å². The second-order valence-electron chi connectivity index (χ2n) is 10.8. The van der Waals surface area contributed by atoms with Gasteiger partial charge in [-0.25, -0.2) is 0 Å². The number of aryl methyl sites for hydroxylation is 1. The van der Waals surface area contributed by atoms with Crippen LogP contribution in [-0.2, 0) is 11.2 Å². The van der Waals surface area contributed by atoms with Gasteiger partial charge in [0.1, 0.15) is 6.17 Å². The van der Waals surface area contributed by atoms with Crippen molar-refractivity contribution < 1.29 is 4.79 Å². The minimum absolute atomic E-state index is 0. The standard InChI is InChI=1S/C27H39N3OS.ClH/c1-4-6-7-20-8-10-24(11-9-20)30(19(3)31)25-18-32-26(29(25)5-2)28-27-15-21-12-22(16-27)14-23(13-21)17-27;/h8-11,21-23,25H,4-7,12-18H2,1-3H3;1H. The summed E-state index contributed by atoms with van der Waals surface area (Å²) in [6, 6.07) is 8.67.